The van der Waals surface area contributed by atoms with Crippen molar-refractivity contribution in [3.63, 3.8) is 0 Å². The van der Waals surface area contributed by atoms with E-state index in [2.05, 4.69) is 0 Å². The molecular weight excluding hydrogens is 180 g/mol. The van der Waals surface area contributed by atoms with E-state index in [1.54, 1.807) is 0 Å². The molecule has 0 aliphatic rings. The molecule has 12 heavy (non-hydrogen) atoms. The molecule has 6 heteroatoms. The standard InChI is InChI=1S/C6H14O5Si/c1-8-6(9-2,10-3)5(7)11-12-4/h12H2,1-4H3. The van der Waals surface area contributed by atoms with Gasteiger partial charge in [-0.3, -0.25) is 0 Å². The highest BCUT2D eigenvalue weighted by Gasteiger charge is 2.41. The molecule has 5 nitrogen and oxygen atoms in total. The number of rotatable bonds is 5. The van der Waals surface area contributed by atoms with E-state index in [4.69, 9.17) is 18.6 Å². The molecule has 0 N–H and O–H groups in total. The zero-order valence-corrected chi connectivity index (χ0v) is 9.16. The number of carbonyl (C=O) groups excluding carboxylic acids is 1. The van der Waals surface area contributed by atoms with E-state index < -0.39 is 21.7 Å². The van der Waals surface area contributed by atoms with E-state index in [-0.39, 0.29) is 0 Å². The summed E-state index contributed by atoms with van der Waals surface area (Å²) in [6, 6.07) is 0. The van der Waals surface area contributed by atoms with Crippen LogP contribution in [0, 0.1) is 0 Å². The Labute approximate surface area is 73.9 Å². The summed E-state index contributed by atoms with van der Waals surface area (Å²) < 4.78 is 19.1. The van der Waals surface area contributed by atoms with Crippen LogP contribution in [0.3, 0.4) is 0 Å². The van der Waals surface area contributed by atoms with Crippen LogP contribution < -0.4 is 0 Å². The maximum atomic E-state index is 11.2. The van der Waals surface area contributed by atoms with Gasteiger partial charge in [-0.25, -0.2) is 4.79 Å². The predicted octanol–water partition coefficient (Wildman–Crippen LogP) is -0.746. The van der Waals surface area contributed by atoms with E-state index in [1.165, 1.54) is 21.3 Å². The highest BCUT2D eigenvalue weighted by molar-refractivity contribution is 6.28. The minimum atomic E-state index is -1.69. The minimum Gasteiger partial charge on any atom is -0.519 e. The summed E-state index contributed by atoms with van der Waals surface area (Å²) in [6.45, 7) is 1.82. The van der Waals surface area contributed by atoms with Gasteiger partial charge in [0.05, 0.1) is 0 Å². The third-order valence-electron chi connectivity index (χ3n) is 1.33. The van der Waals surface area contributed by atoms with Crippen LogP contribution in [0.15, 0.2) is 0 Å². The molecule has 0 radical (unpaired) electrons. The van der Waals surface area contributed by atoms with E-state index in [0.717, 1.165) is 0 Å². The van der Waals surface area contributed by atoms with E-state index in [0.29, 0.717) is 0 Å². The van der Waals surface area contributed by atoms with Crippen LogP contribution in [0.5, 0.6) is 0 Å². The van der Waals surface area contributed by atoms with E-state index in [9.17, 15) is 4.79 Å². The lowest BCUT2D eigenvalue weighted by atomic mass is 10.5. The fourth-order valence-corrected chi connectivity index (χ4v) is 1.16. The average Bonchev–Trinajstić information content (AvgIpc) is 2.09. The zero-order chi connectivity index (χ0) is 9.61. The summed E-state index contributed by atoms with van der Waals surface area (Å²) in [7, 11) is 3.10. The first-order valence-corrected chi connectivity index (χ1v) is 5.48. The maximum Gasteiger partial charge on any atom is 0.385 e. The van der Waals surface area contributed by atoms with Crippen LogP contribution in [0.1, 0.15) is 0 Å². The van der Waals surface area contributed by atoms with Crippen molar-refractivity contribution in [2.24, 2.45) is 0 Å². The molecule has 0 saturated heterocycles. The number of hydrogen-bond acceptors (Lipinski definition) is 5. The Hall–Kier alpha value is -0.433. The minimum absolute atomic E-state index is 0.635. The lowest BCUT2D eigenvalue weighted by Gasteiger charge is -2.25. The second-order valence-corrected chi connectivity index (χ2v) is 2.76. The molecule has 0 unspecified atom stereocenters. The van der Waals surface area contributed by atoms with Crippen molar-refractivity contribution in [1.29, 1.82) is 0 Å². The second-order valence-electron chi connectivity index (χ2n) is 1.89. The lowest BCUT2D eigenvalue weighted by molar-refractivity contribution is -0.334. The summed E-state index contributed by atoms with van der Waals surface area (Å²) in [4.78, 5) is 11.2. The quantitative estimate of drug-likeness (QED) is 0.426. The molecular formula is C6H14O5Si. The SMILES string of the molecule is COC(OC)(OC)C(=O)O[SiH2]C. The van der Waals surface area contributed by atoms with E-state index >= 15 is 0 Å². The van der Waals surface area contributed by atoms with Crippen LogP contribution in [0.4, 0.5) is 0 Å². The number of carbonyl (C=O) groups is 1. The zero-order valence-electron chi connectivity index (χ0n) is 7.75. The van der Waals surface area contributed by atoms with Crippen LogP contribution in [0.2, 0.25) is 6.55 Å². The van der Waals surface area contributed by atoms with Crippen LogP contribution >= 0.6 is 0 Å². The normalized spacial score (nSPS) is 12.3. The van der Waals surface area contributed by atoms with E-state index in [1.807, 2.05) is 6.55 Å². The van der Waals surface area contributed by atoms with Gasteiger partial charge in [0.25, 0.3) is 0 Å². The number of ether oxygens (including phenoxy) is 3. The first-order chi connectivity index (χ1) is 5.66. The van der Waals surface area contributed by atoms with Gasteiger partial charge in [0.1, 0.15) is 0 Å². The van der Waals surface area contributed by atoms with Gasteiger partial charge in [-0.1, -0.05) is 0 Å². The van der Waals surface area contributed by atoms with Crippen LogP contribution in [-0.2, 0) is 23.4 Å². The monoisotopic (exact) mass is 194 g/mol. The second kappa shape index (κ2) is 5.25. The summed E-state index contributed by atoms with van der Waals surface area (Å²) in [6.07, 6.45) is 0. The van der Waals surface area contributed by atoms with Gasteiger partial charge >= 0.3 is 11.9 Å². The molecule has 0 aromatic carbocycles. The van der Waals surface area contributed by atoms with Crippen molar-refractivity contribution in [3.8, 4) is 0 Å². The fraction of sp³-hybridized carbons (Fsp3) is 0.833. The highest BCUT2D eigenvalue weighted by atomic mass is 28.2. The summed E-state index contributed by atoms with van der Waals surface area (Å²) in [5, 5.41) is 0. The van der Waals surface area contributed by atoms with Gasteiger partial charge in [0.15, 0.2) is 0 Å². The molecule has 0 heterocycles. The largest absolute Gasteiger partial charge is 0.519 e. The summed E-state index contributed by atoms with van der Waals surface area (Å²) in [5.74, 6) is -2.33. The van der Waals surface area contributed by atoms with Crippen molar-refractivity contribution < 1.29 is 23.4 Å². The Morgan fingerprint density at radius 1 is 1.17 bits per heavy atom. The Morgan fingerprint density at radius 3 is 1.83 bits per heavy atom. The smallest absolute Gasteiger partial charge is 0.385 e. The van der Waals surface area contributed by atoms with Gasteiger partial charge < -0.3 is 18.6 Å². The third-order valence-corrected chi connectivity index (χ3v) is 1.88. The Morgan fingerprint density at radius 2 is 1.58 bits per heavy atom. The lowest BCUT2D eigenvalue weighted by Crippen LogP contribution is -2.46. The first-order valence-electron chi connectivity index (χ1n) is 3.49. The Kier molecular flexibility index (Phi) is 5.06. The molecule has 0 aromatic heterocycles. The van der Waals surface area contributed by atoms with Crippen molar-refractivity contribution in [3.05, 3.63) is 0 Å². The average molecular weight is 194 g/mol. The van der Waals surface area contributed by atoms with Gasteiger partial charge in [-0.05, 0) is 6.55 Å². The molecule has 0 aromatic rings. The Balaban J connectivity index is 4.36. The molecule has 0 saturated carbocycles. The molecule has 0 amide bonds. The van der Waals surface area contributed by atoms with Crippen molar-refractivity contribution in [1.82, 2.24) is 0 Å². The van der Waals surface area contributed by atoms with Gasteiger partial charge in [-0.2, -0.15) is 0 Å². The molecule has 72 valence electrons. The fourth-order valence-electron chi connectivity index (χ4n) is 0.719. The molecule has 0 spiro atoms. The number of methoxy groups -OCH3 is 3. The summed E-state index contributed by atoms with van der Waals surface area (Å²) >= 11 is 0. The maximum absolute atomic E-state index is 11.2. The van der Waals surface area contributed by atoms with Gasteiger partial charge in [0.2, 0.25) is 9.76 Å². The molecule has 0 bridgehead atoms. The van der Waals surface area contributed by atoms with Crippen molar-refractivity contribution >= 4 is 15.7 Å². The molecule has 0 fully saturated rings. The first kappa shape index (κ1) is 11.6. The number of hydrogen-bond donors (Lipinski definition) is 0. The third kappa shape index (κ3) is 2.28. The molecule has 0 aliphatic carbocycles. The summed E-state index contributed by atoms with van der Waals surface area (Å²) in [5.41, 5.74) is 0. The van der Waals surface area contributed by atoms with Crippen LogP contribution in [-0.4, -0.2) is 43.0 Å². The van der Waals surface area contributed by atoms with Crippen molar-refractivity contribution in [2.45, 2.75) is 12.5 Å². The predicted molar refractivity (Wildman–Crippen MR) is 44.3 cm³/mol. The van der Waals surface area contributed by atoms with Crippen LogP contribution in [0.25, 0.3) is 0 Å². The topological polar surface area (TPSA) is 54.0 Å². The molecule has 0 aliphatic heterocycles. The van der Waals surface area contributed by atoms with Gasteiger partial charge in [0, 0.05) is 21.3 Å². The molecule has 0 atom stereocenters. The van der Waals surface area contributed by atoms with Crippen molar-refractivity contribution in [2.75, 3.05) is 21.3 Å². The highest BCUT2D eigenvalue weighted by Crippen LogP contribution is 2.13. The molecule has 0 rings (SSSR count). The van der Waals surface area contributed by atoms with Gasteiger partial charge in [-0.15, -0.1) is 0 Å². The Bertz CT molecular complexity index is 137.